The Morgan fingerprint density at radius 3 is 2.21 bits per heavy atom. The number of nitrogens with zero attached hydrogens (tertiary/aromatic N) is 2. The zero-order valence-corrected chi connectivity index (χ0v) is 15.3. The molecular formula is C18H14F3N3O3S. The van der Waals surface area contributed by atoms with Gasteiger partial charge in [0.1, 0.15) is 0 Å². The molecule has 0 aliphatic rings. The Morgan fingerprint density at radius 1 is 1.04 bits per heavy atom. The fourth-order valence-corrected chi connectivity index (χ4v) is 3.38. The molecule has 2 aromatic carbocycles. The van der Waals surface area contributed by atoms with Gasteiger partial charge >= 0.3 is 6.18 Å². The maximum Gasteiger partial charge on any atom is 0.435 e. The van der Waals surface area contributed by atoms with Gasteiger partial charge in [0.15, 0.2) is 5.69 Å². The van der Waals surface area contributed by atoms with Gasteiger partial charge in [-0.2, -0.15) is 18.3 Å². The number of hydrogen-bond acceptors (Lipinski definition) is 4. The summed E-state index contributed by atoms with van der Waals surface area (Å²) in [7, 11) is -4.35. The first-order valence-electron chi connectivity index (χ1n) is 7.94. The summed E-state index contributed by atoms with van der Waals surface area (Å²) in [5, 5.41) is 3.42. The Morgan fingerprint density at radius 2 is 1.64 bits per heavy atom. The lowest BCUT2D eigenvalue weighted by molar-refractivity contribution is -0.141. The summed E-state index contributed by atoms with van der Waals surface area (Å²) < 4.78 is 67.2. The van der Waals surface area contributed by atoms with Gasteiger partial charge in [-0.25, -0.2) is 17.8 Å². The number of alkyl halides is 3. The molecule has 1 N–H and O–H groups in total. The molecule has 10 heteroatoms. The third-order valence-electron chi connectivity index (χ3n) is 3.81. The maximum absolute atomic E-state index is 13.3. The number of rotatable bonds is 4. The first kappa shape index (κ1) is 19.6. The van der Waals surface area contributed by atoms with Gasteiger partial charge in [0.05, 0.1) is 16.1 Å². The van der Waals surface area contributed by atoms with E-state index >= 15 is 0 Å². The monoisotopic (exact) mass is 409 g/mol. The number of halogens is 3. The third kappa shape index (κ3) is 4.06. The summed E-state index contributed by atoms with van der Waals surface area (Å²) in [6.45, 7) is 1.74. The van der Waals surface area contributed by atoms with E-state index in [0.717, 1.165) is 16.4 Å². The van der Waals surface area contributed by atoms with Crippen molar-refractivity contribution in [3.63, 3.8) is 0 Å². The van der Waals surface area contributed by atoms with Gasteiger partial charge in [-0.1, -0.05) is 35.9 Å². The van der Waals surface area contributed by atoms with E-state index in [1.165, 1.54) is 36.4 Å². The molecule has 0 radical (unpaired) electrons. The minimum Gasteiger partial charge on any atom is -0.268 e. The minimum atomic E-state index is -4.94. The predicted octanol–water partition coefficient (Wildman–Crippen LogP) is 3.32. The van der Waals surface area contributed by atoms with Crippen LogP contribution in [0.1, 0.15) is 21.6 Å². The quantitative estimate of drug-likeness (QED) is 0.717. The summed E-state index contributed by atoms with van der Waals surface area (Å²) in [5.41, 5.74) is -1.30. The van der Waals surface area contributed by atoms with Crippen LogP contribution in [-0.2, 0) is 16.2 Å². The van der Waals surface area contributed by atoms with Crippen LogP contribution in [-0.4, -0.2) is 24.1 Å². The van der Waals surface area contributed by atoms with Gasteiger partial charge in [0.25, 0.3) is 15.9 Å². The summed E-state index contributed by atoms with van der Waals surface area (Å²) in [6.07, 6.45) is -4.10. The number of aromatic nitrogens is 2. The van der Waals surface area contributed by atoms with Crippen molar-refractivity contribution in [3.8, 4) is 5.69 Å². The van der Waals surface area contributed by atoms with Crippen LogP contribution in [0.25, 0.3) is 5.69 Å². The fraction of sp³-hybridized carbons (Fsp3) is 0.111. The van der Waals surface area contributed by atoms with Crippen LogP contribution in [0.15, 0.2) is 65.7 Å². The standard InChI is InChI=1S/C18H14F3N3O3S/c1-12-7-9-14(10-8-12)28(26,27)23-17(25)15-11-24(13-5-3-2-4-6-13)22-16(15)18(19,20)21/h2-11H,1H3,(H,23,25). The predicted molar refractivity (Wildman–Crippen MR) is 94.4 cm³/mol. The number of nitrogens with one attached hydrogen (secondary N) is 1. The van der Waals surface area contributed by atoms with Crippen molar-refractivity contribution in [1.82, 2.24) is 14.5 Å². The molecule has 1 amide bonds. The summed E-state index contributed by atoms with van der Waals surface area (Å²) in [5.74, 6) is -1.42. The molecule has 1 aromatic heterocycles. The Hall–Kier alpha value is -3.14. The van der Waals surface area contributed by atoms with Crippen LogP contribution in [0.2, 0.25) is 0 Å². The van der Waals surface area contributed by atoms with E-state index in [1.807, 2.05) is 0 Å². The Labute approximate surface area is 158 Å². The number of amides is 1. The smallest absolute Gasteiger partial charge is 0.268 e. The highest BCUT2D eigenvalue weighted by atomic mass is 32.2. The van der Waals surface area contributed by atoms with Crippen LogP contribution in [0.4, 0.5) is 13.2 Å². The largest absolute Gasteiger partial charge is 0.435 e. The molecule has 3 rings (SSSR count). The molecule has 6 nitrogen and oxygen atoms in total. The molecule has 0 aliphatic carbocycles. The number of para-hydroxylation sites is 1. The van der Waals surface area contributed by atoms with Crippen LogP contribution in [0, 0.1) is 6.92 Å². The number of sulfonamides is 1. The molecule has 0 saturated carbocycles. The number of hydrogen-bond donors (Lipinski definition) is 1. The third-order valence-corrected chi connectivity index (χ3v) is 5.15. The SMILES string of the molecule is Cc1ccc(S(=O)(=O)NC(=O)c2cn(-c3ccccc3)nc2C(F)(F)F)cc1. The molecule has 0 saturated heterocycles. The van der Waals surface area contributed by atoms with E-state index in [-0.39, 0.29) is 10.6 Å². The number of benzene rings is 2. The molecule has 0 fully saturated rings. The summed E-state index contributed by atoms with van der Waals surface area (Å²) in [4.78, 5) is 12.1. The molecule has 146 valence electrons. The van der Waals surface area contributed by atoms with Crippen molar-refractivity contribution in [2.75, 3.05) is 0 Å². The van der Waals surface area contributed by atoms with Crippen molar-refractivity contribution in [3.05, 3.63) is 77.6 Å². The molecule has 0 aliphatic heterocycles. The lowest BCUT2D eigenvalue weighted by Crippen LogP contribution is -2.31. The van der Waals surface area contributed by atoms with Crippen LogP contribution in [0.3, 0.4) is 0 Å². The van der Waals surface area contributed by atoms with Crippen molar-refractivity contribution < 1.29 is 26.4 Å². The minimum absolute atomic E-state index is 0.240. The second kappa shape index (κ2) is 7.12. The molecule has 0 atom stereocenters. The second-order valence-corrected chi connectivity index (χ2v) is 7.60. The van der Waals surface area contributed by atoms with Crippen LogP contribution < -0.4 is 4.72 Å². The molecule has 28 heavy (non-hydrogen) atoms. The van der Waals surface area contributed by atoms with Crippen molar-refractivity contribution >= 4 is 15.9 Å². The van der Waals surface area contributed by atoms with Gasteiger partial charge in [-0.15, -0.1) is 0 Å². The van der Waals surface area contributed by atoms with E-state index in [4.69, 9.17) is 0 Å². The number of carbonyl (C=O) groups excluding carboxylic acids is 1. The van der Waals surface area contributed by atoms with Crippen molar-refractivity contribution in [2.24, 2.45) is 0 Å². The average molecular weight is 409 g/mol. The number of aryl methyl sites for hydroxylation is 1. The molecule has 0 bridgehead atoms. The zero-order chi connectivity index (χ0) is 20.5. The first-order valence-corrected chi connectivity index (χ1v) is 9.42. The normalized spacial score (nSPS) is 12.0. The topological polar surface area (TPSA) is 81.1 Å². The highest BCUT2D eigenvalue weighted by molar-refractivity contribution is 7.90. The van der Waals surface area contributed by atoms with E-state index < -0.39 is 33.4 Å². The summed E-state index contributed by atoms with van der Waals surface area (Å²) in [6, 6.07) is 13.4. The van der Waals surface area contributed by atoms with E-state index in [2.05, 4.69) is 5.10 Å². The molecule has 3 aromatic rings. The van der Waals surface area contributed by atoms with E-state index in [9.17, 15) is 26.4 Å². The molecular weight excluding hydrogens is 395 g/mol. The molecule has 0 unspecified atom stereocenters. The second-order valence-electron chi connectivity index (χ2n) is 5.92. The molecule has 0 spiro atoms. The Kier molecular flexibility index (Phi) is 4.99. The van der Waals surface area contributed by atoms with Crippen molar-refractivity contribution in [2.45, 2.75) is 18.0 Å². The molecule has 1 heterocycles. The summed E-state index contributed by atoms with van der Waals surface area (Å²) >= 11 is 0. The van der Waals surface area contributed by atoms with Gasteiger partial charge in [-0.05, 0) is 31.2 Å². The Bertz CT molecular complexity index is 1110. The van der Waals surface area contributed by atoms with E-state index in [0.29, 0.717) is 0 Å². The highest BCUT2D eigenvalue weighted by Crippen LogP contribution is 2.31. The fourth-order valence-electron chi connectivity index (χ4n) is 2.42. The number of carbonyl (C=O) groups is 1. The average Bonchev–Trinajstić information content (AvgIpc) is 3.08. The lowest BCUT2D eigenvalue weighted by Gasteiger charge is -2.08. The lowest BCUT2D eigenvalue weighted by atomic mass is 10.2. The zero-order valence-electron chi connectivity index (χ0n) is 14.4. The van der Waals surface area contributed by atoms with Gasteiger partial charge < -0.3 is 0 Å². The van der Waals surface area contributed by atoms with Crippen molar-refractivity contribution in [1.29, 1.82) is 0 Å². The van der Waals surface area contributed by atoms with Crippen LogP contribution >= 0.6 is 0 Å². The first-order chi connectivity index (χ1) is 13.1. The highest BCUT2D eigenvalue weighted by Gasteiger charge is 2.40. The van der Waals surface area contributed by atoms with Gasteiger partial charge in [0.2, 0.25) is 0 Å². The van der Waals surface area contributed by atoms with E-state index in [1.54, 1.807) is 29.8 Å². The Balaban J connectivity index is 1.99. The van der Waals surface area contributed by atoms with Gasteiger partial charge in [-0.3, -0.25) is 4.79 Å². The van der Waals surface area contributed by atoms with Crippen LogP contribution in [0.5, 0.6) is 0 Å². The van der Waals surface area contributed by atoms with Gasteiger partial charge in [0, 0.05) is 6.20 Å². The maximum atomic E-state index is 13.3.